The van der Waals surface area contributed by atoms with Crippen molar-refractivity contribution in [1.82, 2.24) is 0 Å². The molecule has 0 aromatic heterocycles. The largest absolute Gasteiger partial charge is 0.460 e. The maximum absolute atomic E-state index is 11.8. The molecule has 0 spiro atoms. The molecule has 0 fully saturated rings. The lowest BCUT2D eigenvalue weighted by Gasteiger charge is -2.25. The Kier molecular flexibility index (Phi) is 14.4. The third-order valence-corrected chi connectivity index (χ3v) is 4.83. The SMILES string of the molecule is CC(=CC(=O)OC[C@H](O)[C@H](O)[C@@H](O)[C@@H](O)CO)CCCC(C)CCCC(C)C. The van der Waals surface area contributed by atoms with E-state index >= 15 is 0 Å². The van der Waals surface area contributed by atoms with Crippen LogP contribution in [0.2, 0.25) is 0 Å². The minimum atomic E-state index is -1.74. The molecule has 0 rings (SSSR count). The predicted molar refractivity (Wildman–Crippen MR) is 108 cm³/mol. The summed E-state index contributed by atoms with van der Waals surface area (Å²) >= 11 is 0. The van der Waals surface area contributed by atoms with Crippen LogP contribution >= 0.6 is 0 Å². The van der Waals surface area contributed by atoms with Crippen LogP contribution in [-0.2, 0) is 9.53 Å². The summed E-state index contributed by atoms with van der Waals surface area (Å²) in [6.07, 6.45) is 1.34. The first-order valence-electron chi connectivity index (χ1n) is 10.3. The zero-order valence-corrected chi connectivity index (χ0v) is 17.8. The fourth-order valence-corrected chi connectivity index (χ4v) is 2.89. The van der Waals surface area contributed by atoms with Crippen LogP contribution in [0.5, 0.6) is 0 Å². The molecular formula is C21H40O7. The lowest BCUT2D eigenvalue weighted by molar-refractivity contribution is -0.151. The van der Waals surface area contributed by atoms with Gasteiger partial charge in [0.25, 0.3) is 0 Å². The van der Waals surface area contributed by atoms with E-state index < -0.39 is 43.6 Å². The van der Waals surface area contributed by atoms with E-state index in [0.717, 1.165) is 30.8 Å². The molecular weight excluding hydrogens is 364 g/mol. The minimum absolute atomic E-state index is 0.522. The molecule has 0 bridgehead atoms. The summed E-state index contributed by atoms with van der Waals surface area (Å²) in [4.78, 5) is 11.8. The first-order valence-corrected chi connectivity index (χ1v) is 10.3. The third kappa shape index (κ3) is 12.5. The number of rotatable bonds is 15. The molecule has 0 saturated carbocycles. The highest BCUT2D eigenvalue weighted by Gasteiger charge is 2.30. The molecule has 1 unspecified atom stereocenters. The first kappa shape index (κ1) is 27.0. The second-order valence-corrected chi connectivity index (χ2v) is 8.24. The average molecular weight is 405 g/mol. The summed E-state index contributed by atoms with van der Waals surface area (Å²) in [7, 11) is 0. The van der Waals surface area contributed by atoms with Gasteiger partial charge in [-0.05, 0) is 31.6 Å². The summed E-state index contributed by atoms with van der Waals surface area (Å²) in [5.41, 5.74) is 0.880. The van der Waals surface area contributed by atoms with E-state index in [1.807, 2.05) is 6.92 Å². The first-order chi connectivity index (χ1) is 13.1. The van der Waals surface area contributed by atoms with Gasteiger partial charge in [-0.25, -0.2) is 4.79 Å². The monoisotopic (exact) mass is 404 g/mol. The number of esters is 1. The smallest absolute Gasteiger partial charge is 0.330 e. The molecule has 0 aliphatic rings. The topological polar surface area (TPSA) is 127 Å². The molecule has 7 heteroatoms. The highest BCUT2D eigenvalue weighted by molar-refractivity contribution is 5.82. The number of hydrogen-bond acceptors (Lipinski definition) is 7. The maximum Gasteiger partial charge on any atom is 0.330 e. The van der Waals surface area contributed by atoms with E-state index in [2.05, 4.69) is 20.8 Å². The Hall–Kier alpha value is -0.990. The Morgan fingerprint density at radius 2 is 1.50 bits per heavy atom. The van der Waals surface area contributed by atoms with Crippen molar-refractivity contribution < 1.29 is 35.1 Å². The number of carbonyl (C=O) groups excluding carboxylic acids is 1. The van der Waals surface area contributed by atoms with E-state index in [1.165, 1.54) is 25.3 Å². The number of aliphatic hydroxyl groups is 5. The van der Waals surface area contributed by atoms with Crippen molar-refractivity contribution in [2.45, 2.75) is 90.6 Å². The van der Waals surface area contributed by atoms with Gasteiger partial charge in [0.15, 0.2) is 0 Å². The highest BCUT2D eigenvalue weighted by Crippen LogP contribution is 2.19. The zero-order chi connectivity index (χ0) is 21.7. The second-order valence-electron chi connectivity index (χ2n) is 8.24. The van der Waals surface area contributed by atoms with Crippen LogP contribution in [0, 0.1) is 11.8 Å². The van der Waals surface area contributed by atoms with E-state index in [0.29, 0.717) is 5.92 Å². The van der Waals surface area contributed by atoms with Crippen molar-refractivity contribution in [3.63, 3.8) is 0 Å². The summed E-state index contributed by atoms with van der Waals surface area (Å²) in [6, 6.07) is 0. The fourth-order valence-electron chi connectivity index (χ4n) is 2.89. The van der Waals surface area contributed by atoms with Crippen molar-refractivity contribution in [3.8, 4) is 0 Å². The van der Waals surface area contributed by atoms with Crippen LogP contribution in [0.3, 0.4) is 0 Å². The standard InChI is InChI=1S/C21H40O7/c1-14(2)7-5-8-15(3)9-6-10-16(4)11-19(25)28-13-18(24)21(27)20(26)17(23)12-22/h11,14-15,17-18,20-24,26-27H,5-10,12-13H2,1-4H3/t15?,17-,18-,20-,21-/m0/s1. The number of ether oxygens (including phenoxy) is 1. The number of aliphatic hydroxyl groups excluding tert-OH is 5. The molecule has 0 amide bonds. The molecule has 0 radical (unpaired) electrons. The highest BCUT2D eigenvalue weighted by atomic mass is 16.5. The molecule has 0 saturated heterocycles. The Bertz CT molecular complexity index is 450. The van der Waals surface area contributed by atoms with Crippen LogP contribution < -0.4 is 0 Å². The van der Waals surface area contributed by atoms with Gasteiger partial charge < -0.3 is 30.3 Å². The lowest BCUT2D eigenvalue weighted by Crippen LogP contribution is -2.47. The van der Waals surface area contributed by atoms with Gasteiger partial charge >= 0.3 is 5.97 Å². The third-order valence-electron chi connectivity index (χ3n) is 4.83. The molecule has 7 nitrogen and oxygen atoms in total. The van der Waals surface area contributed by atoms with Crippen LogP contribution in [0.4, 0.5) is 0 Å². The molecule has 28 heavy (non-hydrogen) atoms. The molecule has 0 aromatic carbocycles. The van der Waals surface area contributed by atoms with Crippen molar-refractivity contribution in [2.24, 2.45) is 11.8 Å². The molecule has 0 aromatic rings. The van der Waals surface area contributed by atoms with Gasteiger partial charge in [-0.15, -0.1) is 0 Å². The van der Waals surface area contributed by atoms with Crippen LogP contribution in [0.25, 0.3) is 0 Å². The van der Waals surface area contributed by atoms with E-state index in [9.17, 15) is 25.2 Å². The van der Waals surface area contributed by atoms with Crippen molar-refractivity contribution in [2.75, 3.05) is 13.2 Å². The maximum atomic E-state index is 11.8. The Morgan fingerprint density at radius 3 is 2.07 bits per heavy atom. The average Bonchev–Trinajstić information content (AvgIpc) is 2.63. The van der Waals surface area contributed by atoms with Gasteiger partial charge in [0.05, 0.1) is 6.61 Å². The summed E-state index contributed by atoms with van der Waals surface area (Å²) in [5, 5.41) is 46.9. The van der Waals surface area contributed by atoms with E-state index in [-0.39, 0.29) is 0 Å². The number of carbonyl (C=O) groups is 1. The van der Waals surface area contributed by atoms with Gasteiger partial charge in [0.1, 0.15) is 31.0 Å². The zero-order valence-electron chi connectivity index (χ0n) is 17.8. The molecule has 166 valence electrons. The normalized spacial score (nSPS) is 17.9. The van der Waals surface area contributed by atoms with Crippen LogP contribution in [0.1, 0.15) is 66.2 Å². The van der Waals surface area contributed by atoms with Gasteiger partial charge in [0, 0.05) is 6.08 Å². The van der Waals surface area contributed by atoms with Crippen molar-refractivity contribution >= 4 is 5.97 Å². The van der Waals surface area contributed by atoms with E-state index in [4.69, 9.17) is 9.84 Å². The molecule has 0 aliphatic heterocycles. The summed E-state index contributed by atoms with van der Waals surface area (Å²) < 4.78 is 4.88. The van der Waals surface area contributed by atoms with Crippen LogP contribution in [0.15, 0.2) is 11.6 Å². The molecule has 0 heterocycles. The number of hydrogen-bond donors (Lipinski definition) is 5. The van der Waals surface area contributed by atoms with Gasteiger partial charge in [-0.2, -0.15) is 0 Å². The Morgan fingerprint density at radius 1 is 0.929 bits per heavy atom. The Labute approximate surface area is 169 Å². The van der Waals surface area contributed by atoms with E-state index in [1.54, 1.807) is 0 Å². The van der Waals surface area contributed by atoms with Crippen molar-refractivity contribution in [3.05, 3.63) is 11.6 Å². The lowest BCUT2D eigenvalue weighted by atomic mass is 9.94. The predicted octanol–water partition coefficient (Wildman–Crippen LogP) is 1.54. The van der Waals surface area contributed by atoms with Gasteiger partial charge in [-0.1, -0.05) is 52.0 Å². The van der Waals surface area contributed by atoms with Gasteiger partial charge in [0.2, 0.25) is 0 Å². The van der Waals surface area contributed by atoms with Gasteiger partial charge in [-0.3, -0.25) is 0 Å². The molecule has 0 aliphatic carbocycles. The fraction of sp³-hybridized carbons (Fsp3) is 0.857. The van der Waals surface area contributed by atoms with Crippen molar-refractivity contribution in [1.29, 1.82) is 0 Å². The molecule has 5 N–H and O–H groups in total. The van der Waals surface area contributed by atoms with Crippen LogP contribution in [-0.4, -0.2) is 69.1 Å². The summed E-state index contributed by atoms with van der Waals surface area (Å²) in [6.45, 7) is 7.28. The quantitative estimate of drug-likeness (QED) is 0.207. The Balaban J connectivity index is 4.13. The second kappa shape index (κ2) is 14.9. The summed E-state index contributed by atoms with van der Waals surface area (Å²) in [5.74, 6) is 0.771. The minimum Gasteiger partial charge on any atom is -0.460 e. The number of allylic oxidation sites excluding steroid dienone is 1. The molecule has 5 atom stereocenters.